The standard InChI is InChI=1S/C23H20Cl2N4O4/c1-15-18(22(25)29(28-15)13-17-9-5-6-10-19(17)24)11-12-21(31)33-14-20(30)26-27-23(32)16-7-3-2-4-8-16/h2-12H,13-14H2,1H3,(H,26,30)(H,27,32). The first kappa shape index (κ1) is 24.0. The first-order chi connectivity index (χ1) is 15.8. The van der Waals surface area contributed by atoms with Crippen molar-refractivity contribution in [2.75, 3.05) is 6.61 Å². The van der Waals surface area contributed by atoms with Crippen LogP contribution in [0.3, 0.4) is 0 Å². The average molecular weight is 487 g/mol. The van der Waals surface area contributed by atoms with Crippen LogP contribution in [0.15, 0.2) is 60.7 Å². The highest BCUT2D eigenvalue weighted by Gasteiger charge is 2.14. The van der Waals surface area contributed by atoms with E-state index in [9.17, 15) is 14.4 Å². The van der Waals surface area contributed by atoms with E-state index in [0.29, 0.717) is 33.5 Å². The molecule has 2 N–H and O–H groups in total. The fourth-order valence-electron chi connectivity index (χ4n) is 2.81. The number of ether oxygens (including phenoxy) is 1. The largest absolute Gasteiger partial charge is 0.452 e. The molecule has 0 bridgehead atoms. The SMILES string of the molecule is Cc1nn(Cc2ccccc2Cl)c(Cl)c1C=CC(=O)OCC(=O)NNC(=O)c1ccccc1. The molecule has 0 saturated heterocycles. The van der Waals surface area contributed by atoms with Crippen molar-refractivity contribution in [1.82, 2.24) is 20.6 Å². The summed E-state index contributed by atoms with van der Waals surface area (Å²) in [7, 11) is 0. The number of nitrogens with zero attached hydrogens (tertiary/aromatic N) is 2. The van der Waals surface area contributed by atoms with Crippen molar-refractivity contribution < 1.29 is 19.1 Å². The van der Waals surface area contributed by atoms with Gasteiger partial charge in [-0.25, -0.2) is 9.48 Å². The third-order valence-corrected chi connectivity index (χ3v) is 5.24. The van der Waals surface area contributed by atoms with E-state index in [-0.39, 0.29) is 0 Å². The lowest BCUT2D eigenvalue weighted by atomic mass is 10.2. The lowest BCUT2D eigenvalue weighted by Gasteiger charge is -2.07. The molecule has 2 aromatic carbocycles. The van der Waals surface area contributed by atoms with E-state index >= 15 is 0 Å². The number of amides is 2. The Labute approximate surface area is 200 Å². The molecule has 0 saturated carbocycles. The molecule has 10 heteroatoms. The van der Waals surface area contributed by atoms with Crippen molar-refractivity contribution >= 4 is 47.1 Å². The van der Waals surface area contributed by atoms with Gasteiger partial charge in [0.15, 0.2) is 6.61 Å². The molecule has 170 valence electrons. The van der Waals surface area contributed by atoms with Crippen molar-refractivity contribution in [3.8, 4) is 0 Å². The molecular formula is C23H20Cl2N4O4. The molecule has 8 nitrogen and oxygen atoms in total. The van der Waals surface area contributed by atoms with E-state index in [0.717, 1.165) is 11.6 Å². The van der Waals surface area contributed by atoms with E-state index in [1.54, 1.807) is 48.0 Å². The second-order valence-electron chi connectivity index (χ2n) is 6.85. The van der Waals surface area contributed by atoms with Crippen LogP contribution in [-0.2, 0) is 20.9 Å². The fraction of sp³-hybridized carbons (Fsp3) is 0.130. The Hall–Kier alpha value is -3.62. The summed E-state index contributed by atoms with van der Waals surface area (Å²) in [4.78, 5) is 35.7. The molecule has 0 fully saturated rings. The number of aryl methyl sites for hydroxylation is 1. The second kappa shape index (κ2) is 11.3. The van der Waals surface area contributed by atoms with Crippen molar-refractivity contribution in [3.05, 3.63) is 93.2 Å². The normalized spacial score (nSPS) is 10.8. The van der Waals surface area contributed by atoms with Crippen LogP contribution in [0.1, 0.15) is 27.2 Å². The number of benzene rings is 2. The van der Waals surface area contributed by atoms with Gasteiger partial charge in [0.25, 0.3) is 11.8 Å². The predicted octanol–water partition coefficient (Wildman–Crippen LogP) is 3.56. The maximum absolute atomic E-state index is 12.0. The van der Waals surface area contributed by atoms with E-state index in [4.69, 9.17) is 27.9 Å². The predicted molar refractivity (Wildman–Crippen MR) is 125 cm³/mol. The van der Waals surface area contributed by atoms with Crippen LogP contribution < -0.4 is 10.9 Å². The van der Waals surface area contributed by atoms with Crippen molar-refractivity contribution in [1.29, 1.82) is 0 Å². The Kier molecular flexibility index (Phi) is 8.23. The first-order valence-electron chi connectivity index (χ1n) is 9.80. The highest BCUT2D eigenvalue weighted by molar-refractivity contribution is 6.32. The molecule has 0 radical (unpaired) electrons. The van der Waals surface area contributed by atoms with Crippen molar-refractivity contribution in [3.63, 3.8) is 0 Å². The number of rotatable bonds is 7. The Morgan fingerprint density at radius 2 is 1.73 bits per heavy atom. The zero-order chi connectivity index (χ0) is 23.8. The molecule has 0 atom stereocenters. The van der Waals surface area contributed by atoms with Gasteiger partial charge < -0.3 is 4.74 Å². The molecule has 1 aromatic heterocycles. The zero-order valence-electron chi connectivity index (χ0n) is 17.5. The van der Waals surface area contributed by atoms with E-state index in [2.05, 4.69) is 16.0 Å². The number of carbonyl (C=O) groups is 3. The summed E-state index contributed by atoms with van der Waals surface area (Å²) in [6.45, 7) is 1.55. The number of carbonyl (C=O) groups excluding carboxylic acids is 3. The molecule has 1 heterocycles. The lowest BCUT2D eigenvalue weighted by molar-refractivity contribution is -0.144. The van der Waals surface area contributed by atoms with Gasteiger partial charge in [0.1, 0.15) is 5.15 Å². The smallest absolute Gasteiger partial charge is 0.331 e. The van der Waals surface area contributed by atoms with E-state index in [1.165, 1.54) is 6.08 Å². The Morgan fingerprint density at radius 1 is 1.03 bits per heavy atom. The number of esters is 1. The van der Waals surface area contributed by atoms with Gasteiger partial charge in [-0.15, -0.1) is 0 Å². The molecule has 0 aliphatic rings. The number of nitrogens with one attached hydrogen (secondary N) is 2. The fourth-order valence-corrected chi connectivity index (χ4v) is 3.30. The molecule has 2 amide bonds. The summed E-state index contributed by atoms with van der Waals surface area (Å²) in [6, 6.07) is 15.7. The molecule has 0 aliphatic carbocycles. The number of aromatic nitrogens is 2. The van der Waals surface area contributed by atoms with Crippen LogP contribution in [-0.4, -0.2) is 34.2 Å². The minimum atomic E-state index is -0.756. The van der Waals surface area contributed by atoms with Crippen LogP contribution in [0, 0.1) is 6.92 Å². The quantitative estimate of drug-likeness (QED) is 0.302. The summed E-state index contributed by atoms with van der Waals surface area (Å²) in [5.74, 6) is -1.94. The van der Waals surface area contributed by atoms with Crippen LogP contribution in [0.5, 0.6) is 0 Å². The van der Waals surface area contributed by atoms with Crippen molar-refractivity contribution in [2.24, 2.45) is 0 Å². The topological polar surface area (TPSA) is 102 Å². The molecule has 0 aliphatic heterocycles. The van der Waals surface area contributed by atoms with Gasteiger partial charge in [0.05, 0.1) is 12.2 Å². The van der Waals surface area contributed by atoms with E-state index < -0.39 is 24.4 Å². The molecule has 0 unspecified atom stereocenters. The number of hydrogen-bond donors (Lipinski definition) is 2. The highest BCUT2D eigenvalue weighted by Crippen LogP contribution is 2.24. The zero-order valence-corrected chi connectivity index (χ0v) is 19.1. The van der Waals surface area contributed by atoms with Crippen LogP contribution in [0.4, 0.5) is 0 Å². The Morgan fingerprint density at radius 3 is 2.45 bits per heavy atom. The minimum Gasteiger partial charge on any atom is -0.452 e. The lowest BCUT2D eigenvalue weighted by Crippen LogP contribution is -2.43. The molecule has 3 rings (SSSR count). The van der Waals surface area contributed by atoms with Crippen LogP contribution in [0.25, 0.3) is 6.08 Å². The van der Waals surface area contributed by atoms with Gasteiger partial charge in [-0.1, -0.05) is 59.6 Å². The summed E-state index contributed by atoms with van der Waals surface area (Å²) in [5, 5.41) is 5.31. The third-order valence-electron chi connectivity index (χ3n) is 4.47. The molecule has 33 heavy (non-hydrogen) atoms. The minimum absolute atomic E-state index is 0.331. The number of halogens is 2. The monoisotopic (exact) mass is 486 g/mol. The summed E-state index contributed by atoms with van der Waals surface area (Å²) in [6.07, 6.45) is 2.61. The van der Waals surface area contributed by atoms with Crippen molar-refractivity contribution in [2.45, 2.75) is 13.5 Å². The molecule has 3 aromatic rings. The summed E-state index contributed by atoms with van der Waals surface area (Å²) in [5.41, 5.74) is 6.79. The van der Waals surface area contributed by atoms with Gasteiger partial charge in [-0.2, -0.15) is 5.10 Å². The number of hydrogen-bond acceptors (Lipinski definition) is 5. The molecular weight excluding hydrogens is 467 g/mol. The highest BCUT2D eigenvalue weighted by atomic mass is 35.5. The van der Waals surface area contributed by atoms with Gasteiger partial charge in [-0.3, -0.25) is 20.4 Å². The summed E-state index contributed by atoms with van der Waals surface area (Å²) >= 11 is 12.6. The maximum Gasteiger partial charge on any atom is 0.331 e. The maximum atomic E-state index is 12.0. The van der Waals surface area contributed by atoms with Crippen LogP contribution >= 0.6 is 23.2 Å². The average Bonchev–Trinajstić information content (AvgIpc) is 3.08. The number of hydrazine groups is 1. The summed E-state index contributed by atoms with van der Waals surface area (Å²) < 4.78 is 6.46. The Bertz CT molecular complexity index is 1190. The first-order valence-corrected chi connectivity index (χ1v) is 10.6. The molecule has 0 spiro atoms. The van der Waals surface area contributed by atoms with Gasteiger partial charge >= 0.3 is 5.97 Å². The van der Waals surface area contributed by atoms with Gasteiger partial charge in [-0.05, 0) is 36.8 Å². The third kappa shape index (κ3) is 6.68. The second-order valence-corrected chi connectivity index (χ2v) is 7.61. The van der Waals surface area contributed by atoms with E-state index in [1.807, 2.05) is 18.2 Å². The van der Waals surface area contributed by atoms with Crippen LogP contribution in [0.2, 0.25) is 10.2 Å². The Balaban J connectivity index is 1.51. The van der Waals surface area contributed by atoms with Gasteiger partial charge in [0, 0.05) is 22.2 Å². The van der Waals surface area contributed by atoms with Gasteiger partial charge in [0.2, 0.25) is 0 Å².